The van der Waals surface area contributed by atoms with Crippen molar-refractivity contribution in [1.29, 1.82) is 0 Å². The summed E-state index contributed by atoms with van der Waals surface area (Å²) < 4.78 is 5.00. The van der Waals surface area contributed by atoms with Crippen molar-refractivity contribution in [2.24, 2.45) is 0 Å². The molecular weight excluding hydrogens is 250 g/mol. The predicted octanol–water partition coefficient (Wildman–Crippen LogP) is 1.98. The molecule has 1 aromatic carbocycles. The first-order chi connectivity index (χ1) is 8.61. The van der Waals surface area contributed by atoms with Gasteiger partial charge in [-0.2, -0.15) is 11.8 Å². The van der Waals surface area contributed by atoms with Crippen LogP contribution in [0, 0.1) is 0 Å². The topological polar surface area (TPSA) is 49.8 Å². The monoisotopic (exact) mass is 267 g/mol. The molecule has 1 unspecified atom stereocenters. The average molecular weight is 267 g/mol. The summed E-state index contributed by atoms with van der Waals surface area (Å²) >= 11 is 1.87. The molecule has 2 rings (SSSR count). The van der Waals surface area contributed by atoms with Crippen LogP contribution in [0.5, 0.6) is 11.5 Å². The zero-order chi connectivity index (χ0) is 13.1. The molecule has 4 nitrogen and oxygen atoms in total. The molecule has 1 heterocycles. The number of methoxy groups -OCH3 is 1. The zero-order valence-electron chi connectivity index (χ0n) is 10.5. The van der Waals surface area contributed by atoms with Crippen LogP contribution >= 0.6 is 11.8 Å². The highest BCUT2D eigenvalue weighted by molar-refractivity contribution is 7.99. The summed E-state index contributed by atoms with van der Waals surface area (Å²) in [7, 11) is 1.53. The highest BCUT2D eigenvalue weighted by Crippen LogP contribution is 2.26. The lowest BCUT2D eigenvalue weighted by Gasteiger charge is -2.30. The van der Waals surface area contributed by atoms with Gasteiger partial charge < -0.3 is 14.7 Å². The van der Waals surface area contributed by atoms with Gasteiger partial charge in [-0.05, 0) is 12.1 Å². The third-order valence-corrected chi connectivity index (χ3v) is 4.10. The number of phenols is 1. The first-order valence-electron chi connectivity index (χ1n) is 5.89. The highest BCUT2D eigenvalue weighted by atomic mass is 32.2. The van der Waals surface area contributed by atoms with Gasteiger partial charge in [0, 0.05) is 30.2 Å². The molecule has 0 radical (unpaired) electrons. The normalized spacial score (nSPS) is 19.7. The molecular formula is C13H17NO3S. The van der Waals surface area contributed by atoms with E-state index in [0.29, 0.717) is 16.6 Å². The number of carbonyl (C=O) groups is 1. The van der Waals surface area contributed by atoms with Crippen LogP contribution in [0.4, 0.5) is 0 Å². The number of benzene rings is 1. The van der Waals surface area contributed by atoms with E-state index in [4.69, 9.17) is 4.74 Å². The molecule has 1 N–H and O–H groups in total. The molecule has 1 aliphatic heterocycles. The number of thioether (sulfide) groups is 1. The minimum atomic E-state index is -0.109. The number of nitrogens with zero attached hydrogens (tertiary/aromatic N) is 1. The minimum absolute atomic E-state index is 0.0229. The lowest BCUT2D eigenvalue weighted by molar-refractivity contribution is 0.0760. The largest absolute Gasteiger partial charge is 0.507 e. The summed E-state index contributed by atoms with van der Waals surface area (Å²) in [5.41, 5.74) is 0.343. The van der Waals surface area contributed by atoms with Crippen LogP contribution in [0.1, 0.15) is 17.3 Å². The number of phenolic OH excluding ortho intramolecular Hbond substituents is 1. The fraction of sp³-hybridized carbons (Fsp3) is 0.462. The Kier molecular flexibility index (Phi) is 4.01. The lowest BCUT2D eigenvalue weighted by atomic mass is 10.1. The minimum Gasteiger partial charge on any atom is -0.507 e. The summed E-state index contributed by atoms with van der Waals surface area (Å²) in [6.45, 7) is 3.58. The third-order valence-electron chi connectivity index (χ3n) is 2.96. The van der Waals surface area contributed by atoms with E-state index < -0.39 is 0 Å². The van der Waals surface area contributed by atoms with Gasteiger partial charge in [0.1, 0.15) is 11.5 Å². The standard InChI is InChI=1S/C13H17NO3S/c1-9-8-14(5-6-18-9)13(16)11-4-3-10(17-2)7-12(11)15/h3-4,7,9,15H,5-6,8H2,1-2H3. The summed E-state index contributed by atoms with van der Waals surface area (Å²) in [6, 6.07) is 4.77. The fourth-order valence-corrected chi connectivity index (χ4v) is 3.01. The molecule has 0 aliphatic carbocycles. The van der Waals surface area contributed by atoms with E-state index in [1.54, 1.807) is 17.0 Å². The van der Waals surface area contributed by atoms with Crippen LogP contribution in [0.3, 0.4) is 0 Å². The quantitative estimate of drug-likeness (QED) is 0.890. The number of carbonyl (C=O) groups excluding carboxylic acids is 1. The van der Waals surface area contributed by atoms with Crippen molar-refractivity contribution >= 4 is 17.7 Å². The van der Waals surface area contributed by atoms with E-state index in [2.05, 4.69) is 6.92 Å². The summed E-state index contributed by atoms with van der Waals surface area (Å²) in [6.07, 6.45) is 0. The van der Waals surface area contributed by atoms with Crippen molar-refractivity contribution in [3.05, 3.63) is 23.8 Å². The van der Waals surface area contributed by atoms with Crippen molar-refractivity contribution in [3.8, 4) is 11.5 Å². The Bertz CT molecular complexity index is 450. The van der Waals surface area contributed by atoms with Crippen LogP contribution in [0.25, 0.3) is 0 Å². The van der Waals surface area contributed by atoms with Crippen LogP contribution in [0.2, 0.25) is 0 Å². The number of ether oxygens (including phenoxy) is 1. The molecule has 1 amide bonds. The van der Waals surface area contributed by atoms with Gasteiger partial charge in [0.15, 0.2) is 0 Å². The van der Waals surface area contributed by atoms with E-state index in [1.165, 1.54) is 13.2 Å². The Morgan fingerprint density at radius 1 is 1.56 bits per heavy atom. The smallest absolute Gasteiger partial charge is 0.257 e. The molecule has 1 aliphatic rings. The van der Waals surface area contributed by atoms with Crippen molar-refractivity contribution in [2.75, 3.05) is 26.0 Å². The van der Waals surface area contributed by atoms with E-state index in [9.17, 15) is 9.90 Å². The molecule has 0 saturated carbocycles. The lowest BCUT2D eigenvalue weighted by Crippen LogP contribution is -2.41. The molecule has 18 heavy (non-hydrogen) atoms. The van der Waals surface area contributed by atoms with Gasteiger partial charge in [-0.1, -0.05) is 6.92 Å². The molecule has 1 atom stereocenters. The number of rotatable bonds is 2. The Morgan fingerprint density at radius 2 is 2.33 bits per heavy atom. The average Bonchev–Trinajstić information content (AvgIpc) is 2.37. The van der Waals surface area contributed by atoms with Gasteiger partial charge in [-0.25, -0.2) is 0 Å². The Morgan fingerprint density at radius 3 is 2.94 bits per heavy atom. The molecule has 0 bridgehead atoms. The first-order valence-corrected chi connectivity index (χ1v) is 6.94. The maximum Gasteiger partial charge on any atom is 0.257 e. The second kappa shape index (κ2) is 5.52. The van der Waals surface area contributed by atoms with Gasteiger partial charge in [-0.15, -0.1) is 0 Å². The van der Waals surface area contributed by atoms with Crippen molar-refractivity contribution in [2.45, 2.75) is 12.2 Å². The number of aromatic hydroxyl groups is 1. The zero-order valence-corrected chi connectivity index (χ0v) is 11.4. The maximum absolute atomic E-state index is 12.3. The van der Waals surface area contributed by atoms with Crippen molar-refractivity contribution < 1.29 is 14.6 Å². The molecule has 0 spiro atoms. The molecule has 0 aromatic heterocycles. The maximum atomic E-state index is 12.3. The van der Waals surface area contributed by atoms with Crippen LogP contribution < -0.4 is 4.74 Å². The van der Waals surface area contributed by atoms with E-state index >= 15 is 0 Å². The van der Waals surface area contributed by atoms with Gasteiger partial charge >= 0.3 is 0 Å². The van der Waals surface area contributed by atoms with Gasteiger partial charge in [-0.3, -0.25) is 4.79 Å². The summed E-state index contributed by atoms with van der Waals surface area (Å²) in [5, 5.41) is 10.3. The second-order valence-electron chi connectivity index (χ2n) is 4.32. The fourth-order valence-electron chi connectivity index (χ4n) is 1.99. The number of hydrogen-bond acceptors (Lipinski definition) is 4. The Labute approximate surface area is 111 Å². The molecule has 1 saturated heterocycles. The third kappa shape index (κ3) is 2.72. The van der Waals surface area contributed by atoms with E-state index in [1.807, 2.05) is 11.8 Å². The summed E-state index contributed by atoms with van der Waals surface area (Å²) in [5.74, 6) is 1.36. The van der Waals surface area contributed by atoms with E-state index in [0.717, 1.165) is 18.8 Å². The molecule has 1 aromatic rings. The molecule has 5 heteroatoms. The first kappa shape index (κ1) is 13.1. The molecule has 1 fully saturated rings. The second-order valence-corrected chi connectivity index (χ2v) is 5.86. The van der Waals surface area contributed by atoms with Crippen molar-refractivity contribution in [3.63, 3.8) is 0 Å². The SMILES string of the molecule is COc1ccc(C(=O)N2CCSC(C)C2)c(O)c1. The summed E-state index contributed by atoms with van der Waals surface area (Å²) in [4.78, 5) is 14.1. The van der Waals surface area contributed by atoms with Crippen LogP contribution in [-0.2, 0) is 0 Å². The predicted molar refractivity (Wildman–Crippen MR) is 72.5 cm³/mol. The molecule has 98 valence electrons. The highest BCUT2D eigenvalue weighted by Gasteiger charge is 2.24. The van der Waals surface area contributed by atoms with E-state index in [-0.39, 0.29) is 11.7 Å². The van der Waals surface area contributed by atoms with Gasteiger partial charge in [0.2, 0.25) is 0 Å². The van der Waals surface area contributed by atoms with Crippen molar-refractivity contribution in [1.82, 2.24) is 4.90 Å². The Hall–Kier alpha value is -1.36. The van der Waals surface area contributed by atoms with Gasteiger partial charge in [0.05, 0.1) is 12.7 Å². The number of hydrogen-bond donors (Lipinski definition) is 1. The number of amides is 1. The Balaban J connectivity index is 2.17. The van der Waals surface area contributed by atoms with Gasteiger partial charge in [0.25, 0.3) is 5.91 Å². The van der Waals surface area contributed by atoms with Crippen LogP contribution in [0.15, 0.2) is 18.2 Å². The van der Waals surface area contributed by atoms with Crippen LogP contribution in [-0.4, -0.2) is 47.1 Å².